The van der Waals surface area contributed by atoms with Crippen molar-refractivity contribution >= 4 is 42.7 Å². The fourth-order valence-corrected chi connectivity index (χ4v) is 0.789. The second-order valence-electron chi connectivity index (χ2n) is 3.10. The zero-order valence-corrected chi connectivity index (χ0v) is 12.5. The first-order chi connectivity index (χ1) is 7.81. The number of ether oxygens (including phenoxy) is 1. The first kappa shape index (κ1) is 26.3. The summed E-state index contributed by atoms with van der Waals surface area (Å²) in [4.78, 5) is 23.6. The predicted octanol–water partition coefficient (Wildman–Crippen LogP) is -0.525. The van der Waals surface area contributed by atoms with E-state index in [0.717, 1.165) is 6.92 Å². The van der Waals surface area contributed by atoms with E-state index in [9.17, 15) is 4.79 Å². The largest absolute Gasteiger partial charge is 0.481 e. The minimum Gasteiger partial charge on any atom is -0.481 e. The number of carbonyl (C=O) groups is 2. The van der Waals surface area contributed by atoms with E-state index in [2.05, 4.69) is 9.73 Å². The number of halogens is 2. The fraction of sp³-hybridized carbons (Fsp3) is 0.667. The second kappa shape index (κ2) is 16.8. The van der Waals surface area contributed by atoms with Gasteiger partial charge in [-0.15, -0.1) is 24.8 Å². The van der Waals surface area contributed by atoms with Crippen LogP contribution in [0.1, 0.15) is 19.8 Å². The molecule has 19 heavy (non-hydrogen) atoms. The molecule has 0 aromatic rings. The SMILES string of the molecule is CC(=O)O.COC(=O)[C@@H](N)CCCN=C(N)N.Cl.Cl. The maximum atomic E-state index is 10.8. The van der Waals surface area contributed by atoms with Gasteiger partial charge in [0.2, 0.25) is 0 Å². The summed E-state index contributed by atoms with van der Waals surface area (Å²) in [5, 5.41) is 7.42. The number of nitrogens with zero attached hydrogens (tertiary/aromatic N) is 1. The monoisotopic (exact) mass is 320 g/mol. The third kappa shape index (κ3) is 26.4. The van der Waals surface area contributed by atoms with Crippen LogP contribution in [0.15, 0.2) is 4.99 Å². The summed E-state index contributed by atoms with van der Waals surface area (Å²) in [5.41, 5.74) is 15.7. The van der Waals surface area contributed by atoms with E-state index in [-0.39, 0.29) is 30.8 Å². The molecule has 0 aliphatic carbocycles. The molecule has 0 spiro atoms. The number of rotatable bonds is 5. The van der Waals surface area contributed by atoms with Crippen LogP contribution in [-0.4, -0.2) is 42.7 Å². The molecule has 0 bridgehead atoms. The average Bonchev–Trinajstić information content (AvgIpc) is 2.21. The summed E-state index contributed by atoms with van der Waals surface area (Å²) in [7, 11) is 1.30. The van der Waals surface area contributed by atoms with Gasteiger partial charge < -0.3 is 27.0 Å². The number of hydrogen-bond donors (Lipinski definition) is 4. The Kier molecular flexibility index (Phi) is 23.2. The summed E-state index contributed by atoms with van der Waals surface area (Å²) in [5.74, 6) is -1.20. The van der Waals surface area contributed by atoms with Crippen LogP contribution < -0.4 is 17.2 Å². The van der Waals surface area contributed by atoms with E-state index in [1.807, 2.05) is 0 Å². The smallest absolute Gasteiger partial charge is 0.322 e. The molecular formula is C9H22Cl2N4O4. The molecule has 8 nitrogen and oxygen atoms in total. The number of nitrogens with two attached hydrogens (primary N) is 3. The molecule has 116 valence electrons. The van der Waals surface area contributed by atoms with Gasteiger partial charge in [0, 0.05) is 13.5 Å². The van der Waals surface area contributed by atoms with E-state index < -0.39 is 18.0 Å². The second-order valence-corrected chi connectivity index (χ2v) is 3.10. The first-order valence-electron chi connectivity index (χ1n) is 4.89. The van der Waals surface area contributed by atoms with Crippen molar-refractivity contribution in [2.24, 2.45) is 22.2 Å². The summed E-state index contributed by atoms with van der Waals surface area (Å²) < 4.78 is 4.44. The highest BCUT2D eigenvalue weighted by Gasteiger charge is 2.11. The van der Waals surface area contributed by atoms with Gasteiger partial charge in [-0.3, -0.25) is 14.6 Å². The van der Waals surface area contributed by atoms with E-state index >= 15 is 0 Å². The van der Waals surface area contributed by atoms with Gasteiger partial charge in [-0.2, -0.15) is 0 Å². The molecule has 0 saturated heterocycles. The van der Waals surface area contributed by atoms with Crippen molar-refractivity contribution in [3.63, 3.8) is 0 Å². The number of esters is 1. The third-order valence-corrected chi connectivity index (χ3v) is 1.47. The zero-order valence-electron chi connectivity index (χ0n) is 10.9. The molecule has 0 aliphatic heterocycles. The number of aliphatic imine (C=N–C) groups is 1. The maximum Gasteiger partial charge on any atom is 0.322 e. The number of carbonyl (C=O) groups excluding carboxylic acids is 1. The van der Waals surface area contributed by atoms with E-state index in [0.29, 0.717) is 19.4 Å². The number of carboxylic acid groups (broad SMARTS) is 1. The van der Waals surface area contributed by atoms with Crippen LogP contribution in [-0.2, 0) is 14.3 Å². The molecule has 1 atom stereocenters. The number of guanidine groups is 1. The minimum absolute atomic E-state index is 0. The molecule has 0 saturated carbocycles. The Morgan fingerprint density at radius 2 is 1.74 bits per heavy atom. The standard InChI is InChI=1S/C7H16N4O2.C2H4O2.2ClH/c1-13-6(12)5(8)3-2-4-11-7(9)10;1-2(3)4;;/h5H,2-4,8H2,1H3,(H4,9,10,11);1H3,(H,3,4);2*1H/t5-;;;/m0.../s1. The number of aliphatic carboxylic acids is 1. The Morgan fingerprint density at radius 3 is 2.05 bits per heavy atom. The van der Waals surface area contributed by atoms with Crippen molar-refractivity contribution in [3.8, 4) is 0 Å². The van der Waals surface area contributed by atoms with Crippen LogP contribution in [0.4, 0.5) is 0 Å². The van der Waals surface area contributed by atoms with Crippen molar-refractivity contribution in [2.75, 3.05) is 13.7 Å². The molecule has 0 heterocycles. The molecule has 0 aliphatic rings. The van der Waals surface area contributed by atoms with E-state index in [4.69, 9.17) is 27.1 Å². The Morgan fingerprint density at radius 1 is 1.32 bits per heavy atom. The summed E-state index contributed by atoms with van der Waals surface area (Å²) >= 11 is 0. The quantitative estimate of drug-likeness (QED) is 0.230. The van der Waals surface area contributed by atoms with E-state index in [1.54, 1.807) is 0 Å². The Bertz CT molecular complexity index is 269. The highest BCUT2D eigenvalue weighted by molar-refractivity contribution is 5.85. The van der Waals surface area contributed by atoms with Crippen LogP contribution in [0, 0.1) is 0 Å². The van der Waals surface area contributed by atoms with Crippen LogP contribution in [0.2, 0.25) is 0 Å². The van der Waals surface area contributed by atoms with Gasteiger partial charge in [0.15, 0.2) is 5.96 Å². The van der Waals surface area contributed by atoms with Gasteiger partial charge in [0.05, 0.1) is 7.11 Å². The molecule has 0 radical (unpaired) electrons. The summed E-state index contributed by atoms with van der Waals surface area (Å²) in [6.07, 6.45) is 1.18. The molecule has 7 N–H and O–H groups in total. The topological polar surface area (TPSA) is 154 Å². The highest BCUT2D eigenvalue weighted by Crippen LogP contribution is 1.96. The predicted molar refractivity (Wildman–Crippen MR) is 77.7 cm³/mol. The summed E-state index contributed by atoms with van der Waals surface area (Å²) in [6.45, 7) is 1.56. The Hall–Kier alpha value is -1.25. The van der Waals surface area contributed by atoms with Crippen molar-refractivity contribution in [2.45, 2.75) is 25.8 Å². The molecule has 0 aromatic heterocycles. The normalized spacial score (nSPS) is 9.42. The maximum absolute atomic E-state index is 10.8. The Balaban J connectivity index is -0.000000165. The minimum atomic E-state index is -0.833. The fourth-order valence-electron chi connectivity index (χ4n) is 0.789. The van der Waals surface area contributed by atoms with Gasteiger partial charge in [0.1, 0.15) is 6.04 Å². The first-order valence-corrected chi connectivity index (χ1v) is 4.89. The lowest BCUT2D eigenvalue weighted by molar-refractivity contribution is -0.142. The molecule has 0 unspecified atom stereocenters. The van der Waals surface area contributed by atoms with Crippen molar-refractivity contribution < 1.29 is 19.4 Å². The molecule has 0 aromatic carbocycles. The van der Waals surface area contributed by atoms with Crippen LogP contribution in [0.3, 0.4) is 0 Å². The lowest BCUT2D eigenvalue weighted by Gasteiger charge is -2.07. The number of hydrogen-bond acceptors (Lipinski definition) is 5. The van der Waals surface area contributed by atoms with Gasteiger partial charge in [-0.05, 0) is 12.8 Å². The molecular weight excluding hydrogens is 299 g/mol. The number of carboxylic acids is 1. The van der Waals surface area contributed by atoms with Gasteiger partial charge in [0.25, 0.3) is 5.97 Å². The number of methoxy groups -OCH3 is 1. The van der Waals surface area contributed by atoms with Crippen LogP contribution in [0.5, 0.6) is 0 Å². The average molecular weight is 321 g/mol. The van der Waals surface area contributed by atoms with Crippen molar-refractivity contribution in [1.82, 2.24) is 0 Å². The molecule has 0 fully saturated rings. The molecule has 0 amide bonds. The van der Waals surface area contributed by atoms with Gasteiger partial charge in [-0.25, -0.2) is 0 Å². The zero-order chi connectivity index (χ0) is 13.8. The molecule has 10 heteroatoms. The molecule has 0 rings (SSSR count). The van der Waals surface area contributed by atoms with Crippen LogP contribution >= 0.6 is 24.8 Å². The van der Waals surface area contributed by atoms with Crippen molar-refractivity contribution in [1.29, 1.82) is 0 Å². The van der Waals surface area contributed by atoms with E-state index in [1.165, 1.54) is 7.11 Å². The Labute approximate surface area is 124 Å². The summed E-state index contributed by atoms with van der Waals surface area (Å²) in [6, 6.07) is -0.584. The van der Waals surface area contributed by atoms with Gasteiger partial charge in [-0.1, -0.05) is 0 Å². The van der Waals surface area contributed by atoms with Crippen molar-refractivity contribution in [3.05, 3.63) is 0 Å². The van der Waals surface area contributed by atoms with Crippen LogP contribution in [0.25, 0.3) is 0 Å². The lowest BCUT2D eigenvalue weighted by atomic mass is 10.2. The van der Waals surface area contributed by atoms with Gasteiger partial charge >= 0.3 is 5.97 Å². The highest BCUT2D eigenvalue weighted by atomic mass is 35.5. The third-order valence-electron chi connectivity index (χ3n) is 1.47. The lowest BCUT2D eigenvalue weighted by Crippen LogP contribution is -2.31.